The van der Waals surface area contributed by atoms with E-state index in [9.17, 15) is 4.39 Å². The predicted molar refractivity (Wildman–Crippen MR) is 52.2 cm³/mol. The van der Waals surface area contributed by atoms with Crippen molar-refractivity contribution in [1.29, 1.82) is 0 Å². The first-order valence-electron chi connectivity index (χ1n) is 4.42. The number of hydrogen-bond acceptors (Lipinski definition) is 3. The molecule has 0 amide bonds. The number of aryl methyl sites for hydroxylation is 1. The molecule has 74 valence electrons. The number of alkyl halides is 1. The van der Waals surface area contributed by atoms with Crippen LogP contribution in [0.3, 0.4) is 0 Å². The SMILES string of the molecule is Cc1cc2c(NCCF)nccn2n1. The molecule has 1 N–H and O–H groups in total. The summed E-state index contributed by atoms with van der Waals surface area (Å²) in [6.07, 6.45) is 3.41. The Balaban J connectivity index is 2.42. The van der Waals surface area contributed by atoms with Gasteiger partial charge in [0.2, 0.25) is 0 Å². The zero-order valence-electron chi connectivity index (χ0n) is 7.87. The van der Waals surface area contributed by atoms with E-state index in [4.69, 9.17) is 0 Å². The Labute approximate surface area is 80.8 Å². The van der Waals surface area contributed by atoms with Crippen molar-refractivity contribution >= 4 is 11.3 Å². The third-order valence-electron chi connectivity index (χ3n) is 1.90. The molecule has 2 heterocycles. The number of nitrogens with zero attached hydrogens (tertiary/aromatic N) is 3. The first kappa shape index (κ1) is 8.93. The third-order valence-corrected chi connectivity index (χ3v) is 1.90. The minimum absolute atomic E-state index is 0.275. The van der Waals surface area contributed by atoms with E-state index in [1.165, 1.54) is 0 Å². The molecular formula is C9H11FN4. The standard InChI is InChI=1S/C9H11FN4/c1-7-6-8-9(11-3-2-10)12-4-5-14(8)13-7/h4-6H,2-3H2,1H3,(H,11,12). The van der Waals surface area contributed by atoms with E-state index < -0.39 is 6.67 Å². The van der Waals surface area contributed by atoms with Gasteiger partial charge in [-0.3, -0.25) is 0 Å². The molecule has 0 aliphatic carbocycles. The molecule has 0 spiro atoms. The van der Waals surface area contributed by atoms with Crippen LogP contribution in [0.5, 0.6) is 0 Å². The summed E-state index contributed by atoms with van der Waals surface area (Å²) in [7, 11) is 0. The molecule has 0 aliphatic rings. The van der Waals surface area contributed by atoms with Crippen molar-refractivity contribution in [3.05, 3.63) is 24.2 Å². The van der Waals surface area contributed by atoms with Crippen molar-refractivity contribution in [2.75, 3.05) is 18.5 Å². The molecular weight excluding hydrogens is 183 g/mol. The number of halogens is 1. The lowest BCUT2D eigenvalue weighted by Gasteiger charge is -2.03. The maximum atomic E-state index is 12.0. The average molecular weight is 194 g/mol. The van der Waals surface area contributed by atoms with Crippen LogP contribution in [0.2, 0.25) is 0 Å². The summed E-state index contributed by atoms with van der Waals surface area (Å²) in [5.41, 5.74) is 1.79. The molecule has 0 saturated carbocycles. The van der Waals surface area contributed by atoms with Crippen LogP contribution >= 0.6 is 0 Å². The van der Waals surface area contributed by atoms with Crippen LogP contribution < -0.4 is 5.32 Å². The maximum absolute atomic E-state index is 12.0. The molecule has 0 fully saturated rings. The van der Waals surface area contributed by atoms with Gasteiger partial charge in [-0.25, -0.2) is 13.9 Å². The molecule has 0 unspecified atom stereocenters. The highest BCUT2D eigenvalue weighted by molar-refractivity contribution is 5.67. The number of nitrogens with one attached hydrogen (secondary N) is 1. The highest BCUT2D eigenvalue weighted by atomic mass is 19.1. The summed E-state index contributed by atoms with van der Waals surface area (Å²) in [6.45, 7) is 1.78. The second-order valence-electron chi connectivity index (χ2n) is 3.01. The van der Waals surface area contributed by atoms with Crippen LogP contribution in [-0.2, 0) is 0 Å². The normalized spacial score (nSPS) is 10.7. The Bertz CT molecular complexity index is 437. The fourth-order valence-electron chi connectivity index (χ4n) is 1.35. The summed E-state index contributed by atoms with van der Waals surface area (Å²) in [5.74, 6) is 0.672. The molecule has 14 heavy (non-hydrogen) atoms. The van der Waals surface area contributed by atoms with Gasteiger partial charge in [0.05, 0.1) is 5.69 Å². The van der Waals surface area contributed by atoms with Crippen molar-refractivity contribution in [2.24, 2.45) is 0 Å². The van der Waals surface area contributed by atoms with Gasteiger partial charge in [0.15, 0.2) is 5.82 Å². The van der Waals surface area contributed by atoms with Crippen LogP contribution in [0.1, 0.15) is 5.69 Å². The molecule has 0 aliphatic heterocycles. The van der Waals surface area contributed by atoms with Crippen LogP contribution in [0.25, 0.3) is 5.52 Å². The fourth-order valence-corrected chi connectivity index (χ4v) is 1.35. The second kappa shape index (κ2) is 3.61. The van der Waals surface area contributed by atoms with Gasteiger partial charge in [-0.2, -0.15) is 5.10 Å². The quantitative estimate of drug-likeness (QED) is 0.803. The Morgan fingerprint density at radius 3 is 3.21 bits per heavy atom. The van der Waals surface area contributed by atoms with Gasteiger partial charge >= 0.3 is 0 Å². The lowest BCUT2D eigenvalue weighted by atomic mass is 10.4. The van der Waals surface area contributed by atoms with Crippen LogP contribution in [0.15, 0.2) is 18.5 Å². The van der Waals surface area contributed by atoms with E-state index in [0.717, 1.165) is 11.2 Å². The van der Waals surface area contributed by atoms with E-state index in [2.05, 4.69) is 15.4 Å². The maximum Gasteiger partial charge on any atom is 0.152 e. The molecule has 4 nitrogen and oxygen atoms in total. The van der Waals surface area contributed by atoms with Gasteiger partial charge in [0.1, 0.15) is 12.2 Å². The third kappa shape index (κ3) is 1.53. The van der Waals surface area contributed by atoms with Crippen molar-refractivity contribution in [3.63, 3.8) is 0 Å². The minimum atomic E-state index is -0.407. The summed E-state index contributed by atoms with van der Waals surface area (Å²) in [4.78, 5) is 4.12. The van der Waals surface area contributed by atoms with Crippen LogP contribution in [-0.4, -0.2) is 27.8 Å². The van der Waals surface area contributed by atoms with Gasteiger partial charge in [-0.05, 0) is 13.0 Å². The second-order valence-corrected chi connectivity index (χ2v) is 3.01. The Kier molecular flexibility index (Phi) is 2.30. The lowest BCUT2D eigenvalue weighted by Crippen LogP contribution is -2.06. The first-order valence-corrected chi connectivity index (χ1v) is 4.42. The van der Waals surface area contributed by atoms with E-state index in [0.29, 0.717) is 5.82 Å². The number of hydrogen-bond donors (Lipinski definition) is 1. The average Bonchev–Trinajstić information content (AvgIpc) is 2.55. The molecule has 5 heteroatoms. The van der Waals surface area contributed by atoms with Crippen molar-refractivity contribution in [3.8, 4) is 0 Å². The van der Waals surface area contributed by atoms with Gasteiger partial charge in [-0.1, -0.05) is 0 Å². The first-order chi connectivity index (χ1) is 6.81. The Morgan fingerprint density at radius 1 is 1.57 bits per heavy atom. The Hall–Kier alpha value is -1.65. The number of rotatable bonds is 3. The zero-order chi connectivity index (χ0) is 9.97. The fraction of sp³-hybridized carbons (Fsp3) is 0.333. The lowest BCUT2D eigenvalue weighted by molar-refractivity contribution is 0.512. The summed E-state index contributed by atoms with van der Waals surface area (Å²) < 4.78 is 13.7. The summed E-state index contributed by atoms with van der Waals surface area (Å²) in [6, 6.07) is 1.91. The monoisotopic (exact) mass is 194 g/mol. The molecule has 2 aromatic heterocycles. The van der Waals surface area contributed by atoms with Gasteiger partial charge < -0.3 is 5.32 Å². The highest BCUT2D eigenvalue weighted by Crippen LogP contribution is 2.13. The molecule has 0 saturated heterocycles. The van der Waals surface area contributed by atoms with E-state index in [1.807, 2.05) is 13.0 Å². The number of fused-ring (bicyclic) bond motifs is 1. The van der Waals surface area contributed by atoms with Gasteiger partial charge in [0, 0.05) is 18.9 Å². The van der Waals surface area contributed by atoms with E-state index >= 15 is 0 Å². The number of aromatic nitrogens is 3. The topological polar surface area (TPSA) is 42.2 Å². The zero-order valence-corrected chi connectivity index (χ0v) is 7.87. The van der Waals surface area contributed by atoms with Crippen molar-refractivity contribution < 1.29 is 4.39 Å². The van der Waals surface area contributed by atoms with Gasteiger partial charge in [0.25, 0.3) is 0 Å². The van der Waals surface area contributed by atoms with Crippen LogP contribution in [0.4, 0.5) is 10.2 Å². The largest absolute Gasteiger partial charge is 0.366 e. The minimum Gasteiger partial charge on any atom is -0.366 e. The molecule has 0 aromatic carbocycles. The molecule has 0 bridgehead atoms. The van der Waals surface area contributed by atoms with E-state index in [-0.39, 0.29) is 6.54 Å². The Morgan fingerprint density at radius 2 is 2.43 bits per heavy atom. The highest BCUT2D eigenvalue weighted by Gasteiger charge is 2.03. The number of anilines is 1. The van der Waals surface area contributed by atoms with E-state index in [1.54, 1.807) is 16.9 Å². The van der Waals surface area contributed by atoms with Crippen molar-refractivity contribution in [2.45, 2.75) is 6.92 Å². The summed E-state index contributed by atoms with van der Waals surface area (Å²) >= 11 is 0. The molecule has 2 rings (SSSR count). The molecule has 0 radical (unpaired) electrons. The smallest absolute Gasteiger partial charge is 0.152 e. The predicted octanol–water partition coefficient (Wildman–Crippen LogP) is 1.42. The van der Waals surface area contributed by atoms with Crippen molar-refractivity contribution in [1.82, 2.24) is 14.6 Å². The molecule has 0 atom stereocenters. The van der Waals surface area contributed by atoms with Crippen LogP contribution in [0, 0.1) is 6.92 Å². The molecule has 2 aromatic rings. The summed E-state index contributed by atoms with van der Waals surface area (Å²) in [5, 5.41) is 7.13. The van der Waals surface area contributed by atoms with Gasteiger partial charge in [-0.15, -0.1) is 0 Å².